The summed E-state index contributed by atoms with van der Waals surface area (Å²) in [5.41, 5.74) is 6.91. The van der Waals surface area contributed by atoms with Gasteiger partial charge in [0.2, 0.25) is 0 Å². The summed E-state index contributed by atoms with van der Waals surface area (Å²) in [5.74, 6) is -0.300. The van der Waals surface area contributed by atoms with Gasteiger partial charge < -0.3 is 0 Å². The lowest BCUT2D eigenvalue weighted by Gasteiger charge is -2.07. The molecule has 110 valence electrons. The molecule has 0 fully saturated rings. The van der Waals surface area contributed by atoms with Gasteiger partial charge in [-0.3, -0.25) is 15.4 Å². The number of rotatable bonds is 3. The fourth-order valence-electron chi connectivity index (χ4n) is 2.23. The van der Waals surface area contributed by atoms with Crippen molar-refractivity contribution in [2.24, 2.45) is 5.10 Å². The molecule has 0 aliphatic heterocycles. The van der Waals surface area contributed by atoms with E-state index < -0.39 is 0 Å². The van der Waals surface area contributed by atoms with E-state index in [9.17, 15) is 4.39 Å². The van der Waals surface area contributed by atoms with Gasteiger partial charge in [-0.05, 0) is 50.2 Å². The number of fused-ring (bicyclic) bond motifs is 1. The Morgan fingerprint density at radius 3 is 2.73 bits per heavy atom. The van der Waals surface area contributed by atoms with Crippen LogP contribution < -0.4 is 5.43 Å². The second-order valence-electron chi connectivity index (χ2n) is 5.05. The summed E-state index contributed by atoms with van der Waals surface area (Å²) in [7, 11) is 0. The Labute approximate surface area is 127 Å². The summed E-state index contributed by atoms with van der Waals surface area (Å²) >= 11 is 0. The highest BCUT2D eigenvalue weighted by molar-refractivity contribution is 5.92. The third-order valence-corrected chi connectivity index (χ3v) is 3.19. The summed E-state index contributed by atoms with van der Waals surface area (Å²) < 4.78 is 13.4. The van der Waals surface area contributed by atoms with Crippen molar-refractivity contribution in [2.45, 2.75) is 13.8 Å². The van der Waals surface area contributed by atoms with Crippen LogP contribution in [0.15, 0.2) is 47.6 Å². The van der Waals surface area contributed by atoms with Gasteiger partial charge in [-0.1, -0.05) is 6.07 Å². The zero-order chi connectivity index (χ0) is 15.5. The number of halogens is 1. The average Bonchev–Trinajstić information content (AvgIpc) is 2.48. The molecule has 3 rings (SSSR count). The zero-order valence-electron chi connectivity index (χ0n) is 12.3. The molecule has 0 saturated carbocycles. The lowest BCUT2D eigenvalue weighted by molar-refractivity contribution is 0.629. The number of anilines is 1. The molecule has 0 atom stereocenters. The van der Waals surface area contributed by atoms with Crippen molar-refractivity contribution in [1.29, 1.82) is 0 Å². The van der Waals surface area contributed by atoms with Crippen molar-refractivity contribution in [1.82, 2.24) is 9.97 Å². The molecule has 22 heavy (non-hydrogen) atoms. The Hall–Kier alpha value is -2.82. The number of nitrogens with zero attached hydrogens (tertiary/aromatic N) is 3. The number of pyridine rings is 2. The van der Waals surface area contributed by atoms with Crippen molar-refractivity contribution in [3.05, 3.63) is 65.4 Å². The molecule has 1 N–H and O–H groups in total. The van der Waals surface area contributed by atoms with E-state index >= 15 is 0 Å². The predicted octanol–water partition coefficient (Wildman–Crippen LogP) is 3.83. The van der Waals surface area contributed by atoms with Crippen LogP contribution in [0.4, 0.5) is 10.1 Å². The van der Waals surface area contributed by atoms with Crippen LogP contribution in [-0.4, -0.2) is 16.2 Å². The van der Waals surface area contributed by atoms with Crippen LogP contribution in [0.3, 0.4) is 0 Å². The maximum atomic E-state index is 13.4. The molecule has 5 heteroatoms. The highest BCUT2D eigenvalue weighted by Gasteiger charge is 2.04. The highest BCUT2D eigenvalue weighted by Crippen LogP contribution is 2.24. The molecule has 1 aromatic carbocycles. The molecule has 4 nitrogen and oxygen atoms in total. The van der Waals surface area contributed by atoms with Crippen molar-refractivity contribution in [3.63, 3.8) is 0 Å². The van der Waals surface area contributed by atoms with E-state index in [1.54, 1.807) is 12.3 Å². The van der Waals surface area contributed by atoms with E-state index in [1.807, 2.05) is 38.1 Å². The van der Waals surface area contributed by atoms with Gasteiger partial charge in [-0.2, -0.15) is 5.10 Å². The van der Waals surface area contributed by atoms with Gasteiger partial charge in [-0.15, -0.1) is 0 Å². The first kappa shape index (κ1) is 14.1. The van der Waals surface area contributed by atoms with Crippen molar-refractivity contribution < 1.29 is 4.39 Å². The Morgan fingerprint density at radius 2 is 1.91 bits per heavy atom. The SMILES string of the molecule is Cc1cccc(C=NNc2cc(C)nc3ccc(F)cc23)n1. The van der Waals surface area contributed by atoms with Gasteiger partial charge in [-0.25, -0.2) is 4.39 Å². The molecule has 3 aromatic rings. The minimum Gasteiger partial charge on any atom is -0.278 e. The van der Waals surface area contributed by atoms with E-state index in [0.29, 0.717) is 11.1 Å². The van der Waals surface area contributed by atoms with Crippen molar-refractivity contribution >= 4 is 22.8 Å². The fraction of sp³-hybridized carbons (Fsp3) is 0.118. The monoisotopic (exact) mass is 294 g/mol. The minimum atomic E-state index is -0.300. The summed E-state index contributed by atoms with van der Waals surface area (Å²) in [6.07, 6.45) is 1.63. The largest absolute Gasteiger partial charge is 0.278 e. The van der Waals surface area contributed by atoms with Crippen LogP contribution in [-0.2, 0) is 0 Å². The lowest BCUT2D eigenvalue weighted by atomic mass is 10.1. The molecule has 0 unspecified atom stereocenters. The zero-order valence-corrected chi connectivity index (χ0v) is 12.3. The predicted molar refractivity (Wildman–Crippen MR) is 86.6 cm³/mol. The van der Waals surface area contributed by atoms with Crippen LogP contribution in [0.25, 0.3) is 10.9 Å². The molecule has 0 aliphatic rings. The normalized spacial score (nSPS) is 11.2. The highest BCUT2D eigenvalue weighted by atomic mass is 19.1. The Kier molecular flexibility index (Phi) is 3.78. The van der Waals surface area contributed by atoms with Gasteiger partial charge in [0.15, 0.2) is 0 Å². The van der Waals surface area contributed by atoms with E-state index in [0.717, 1.165) is 22.6 Å². The van der Waals surface area contributed by atoms with Gasteiger partial charge in [0.1, 0.15) is 5.82 Å². The number of hydrogen-bond donors (Lipinski definition) is 1. The molecule has 0 amide bonds. The molecule has 0 spiro atoms. The van der Waals surface area contributed by atoms with Gasteiger partial charge in [0.05, 0.1) is 23.1 Å². The molecule has 2 aromatic heterocycles. The molecule has 0 radical (unpaired) electrons. The molecule has 0 aliphatic carbocycles. The van der Waals surface area contributed by atoms with Crippen LogP contribution in [0.2, 0.25) is 0 Å². The lowest BCUT2D eigenvalue weighted by Crippen LogP contribution is -1.96. The molecule has 0 bridgehead atoms. The number of nitrogens with one attached hydrogen (secondary N) is 1. The smallest absolute Gasteiger partial charge is 0.124 e. The summed E-state index contributed by atoms with van der Waals surface area (Å²) in [6.45, 7) is 3.81. The third kappa shape index (κ3) is 3.09. The first-order chi connectivity index (χ1) is 10.6. The standard InChI is InChI=1S/C17H15FN4/c1-11-4-3-5-14(20-11)10-19-22-17-8-12(2)21-16-7-6-13(18)9-15(16)17/h3-10H,1-2H3,(H,21,22). The second kappa shape index (κ2) is 5.89. The summed E-state index contributed by atoms with van der Waals surface area (Å²) in [6, 6.07) is 12.1. The van der Waals surface area contributed by atoms with Gasteiger partial charge in [0.25, 0.3) is 0 Å². The first-order valence-corrected chi connectivity index (χ1v) is 6.91. The number of aromatic nitrogens is 2. The maximum absolute atomic E-state index is 13.4. The Morgan fingerprint density at radius 1 is 1.05 bits per heavy atom. The van der Waals surface area contributed by atoms with Crippen molar-refractivity contribution in [3.8, 4) is 0 Å². The third-order valence-electron chi connectivity index (χ3n) is 3.19. The van der Waals surface area contributed by atoms with Crippen molar-refractivity contribution in [2.75, 3.05) is 5.43 Å². The number of hydrogen-bond acceptors (Lipinski definition) is 4. The average molecular weight is 294 g/mol. The van der Waals surface area contributed by atoms with Crippen LogP contribution >= 0.6 is 0 Å². The minimum absolute atomic E-state index is 0.300. The topological polar surface area (TPSA) is 50.2 Å². The van der Waals surface area contributed by atoms with E-state index in [4.69, 9.17) is 0 Å². The maximum Gasteiger partial charge on any atom is 0.124 e. The van der Waals surface area contributed by atoms with Crippen LogP contribution in [0, 0.1) is 19.7 Å². The van der Waals surface area contributed by atoms with Gasteiger partial charge in [0, 0.05) is 16.8 Å². The molecular formula is C17H15FN4. The van der Waals surface area contributed by atoms with Crippen LogP contribution in [0.1, 0.15) is 17.1 Å². The van der Waals surface area contributed by atoms with E-state index in [-0.39, 0.29) is 5.82 Å². The quantitative estimate of drug-likeness (QED) is 0.590. The molecule has 0 saturated heterocycles. The summed E-state index contributed by atoms with van der Waals surface area (Å²) in [5, 5.41) is 4.88. The molecular weight excluding hydrogens is 279 g/mol. The first-order valence-electron chi connectivity index (χ1n) is 6.91. The fourth-order valence-corrected chi connectivity index (χ4v) is 2.23. The molecule has 2 heterocycles. The van der Waals surface area contributed by atoms with E-state index in [2.05, 4.69) is 20.5 Å². The van der Waals surface area contributed by atoms with Crippen LogP contribution in [0.5, 0.6) is 0 Å². The number of aryl methyl sites for hydroxylation is 2. The van der Waals surface area contributed by atoms with E-state index in [1.165, 1.54) is 12.1 Å². The van der Waals surface area contributed by atoms with Gasteiger partial charge >= 0.3 is 0 Å². The number of hydrazone groups is 1. The Balaban J connectivity index is 1.91. The summed E-state index contributed by atoms with van der Waals surface area (Å²) in [4.78, 5) is 8.72. The Bertz CT molecular complexity index is 858. The second-order valence-corrected chi connectivity index (χ2v) is 5.05. The number of benzene rings is 1.